The molecular weight excluding hydrogens is 424 g/mol. The molecule has 0 aromatic heterocycles. The van der Waals surface area contributed by atoms with E-state index in [1.807, 2.05) is 54.6 Å². The number of amides is 2. The van der Waals surface area contributed by atoms with E-state index in [1.165, 1.54) is 7.11 Å². The summed E-state index contributed by atoms with van der Waals surface area (Å²) in [5.41, 5.74) is 2.75. The number of anilines is 2. The maximum absolute atomic E-state index is 13.2. The van der Waals surface area contributed by atoms with Crippen LogP contribution in [0, 0.1) is 0 Å². The van der Waals surface area contributed by atoms with Gasteiger partial charge in [-0.2, -0.15) is 0 Å². The molecule has 1 aliphatic heterocycles. The zero-order valence-corrected chi connectivity index (χ0v) is 18.3. The Balaban J connectivity index is 1.52. The van der Waals surface area contributed by atoms with Gasteiger partial charge in [0.05, 0.1) is 18.4 Å². The molecule has 0 radical (unpaired) electrons. The summed E-state index contributed by atoms with van der Waals surface area (Å²) in [7, 11) is 1.31. The Morgan fingerprint density at radius 2 is 1.69 bits per heavy atom. The highest BCUT2D eigenvalue weighted by molar-refractivity contribution is 7.99. The second kappa shape index (κ2) is 9.70. The number of fused-ring (bicyclic) bond motifs is 1. The molecule has 0 unspecified atom stereocenters. The van der Waals surface area contributed by atoms with Crippen LogP contribution in [-0.4, -0.2) is 31.4 Å². The van der Waals surface area contributed by atoms with Gasteiger partial charge in [-0.25, -0.2) is 4.79 Å². The molecule has 162 valence electrons. The first kappa shape index (κ1) is 21.6. The van der Waals surface area contributed by atoms with E-state index in [0.717, 1.165) is 16.1 Å². The van der Waals surface area contributed by atoms with Gasteiger partial charge in [0.25, 0.3) is 0 Å². The standard InChI is InChI=1S/C25H22N2O4S/c1-31-25(30)18-11-13-19(14-12-18)26-23(28)16-27-20-9-5-6-10-21(20)32-22(15-24(27)29)17-7-3-2-4-8-17/h2-14,22H,15-16H2,1H3,(H,26,28)/t22-/m1/s1. The number of esters is 1. The number of thioether (sulfide) groups is 1. The minimum Gasteiger partial charge on any atom is -0.465 e. The second-order valence-electron chi connectivity index (χ2n) is 7.29. The molecule has 6 nitrogen and oxygen atoms in total. The molecule has 0 spiro atoms. The van der Waals surface area contributed by atoms with Crippen LogP contribution in [0.25, 0.3) is 0 Å². The quantitative estimate of drug-likeness (QED) is 0.576. The van der Waals surface area contributed by atoms with Gasteiger partial charge in [-0.1, -0.05) is 42.5 Å². The van der Waals surface area contributed by atoms with E-state index in [2.05, 4.69) is 10.1 Å². The van der Waals surface area contributed by atoms with Crippen LogP contribution >= 0.6 is 11.8 Å². The van der Waals surface area contributed by atoms with Gasteiger partial charge in [-0.3, -0.25) is 9.59 Å². The molecule has 3 aromatic rings. The van der Waals surface area contributed by atoms with Crippen molar-refractivity contribution in [1.82, 2.24) is 0 Å². The van der Waals surface area contributed by atoms with Crippen molar-refractivity contribution in [2.45, 2.75) is 16.6 Å². The van der Waals surface area contributed by atoms with Gasteiger partial charge in [0.15, 0.2) is 0 Å². The van der Waals surface area contributed by atoms with Gasteiger partial charge in [-0.15, -0.1) is 11.8 Å². The third kappa shape index (κ3) is 4.84. The first-order valence-electron chi connectivity index (χ1n) is 10.1. The monoisotopic (exact) mass is 446 g/mol. The molecule has 7 heteroatoms. The van der Waals surface area contributed by atoms with Gasteiger partial charge in [0, 0.05) is 22.3 Å². The summed E-state index contributed by atoms with van der Waals surface area (Å²) < 4.78 is 4.68. The molecule has 4 rings (SSSR count). The average Bonchev–Trinajstić information content (AvgIpc) is 2.96. The maximum atomic E-state index is 13.2. The number of nitrogens with zero attached hydrogens (tertiary/aromatic N) is 1. The van der Waals surface area contributed by atoms with Crippen molar-refractivity contribution < 1.29 is 19.1 Å². The fourth-order valence-corrected chi connectivity index (χ4v) is 4.84. The number of ether oxygens (including phenoxy) is 1. The summed E-state index contributed by atoms with van der Waals surface area (Å²) in [4.78, 5) is 40.0. The maximum Gasteiger partial charge on any atom is 0.337 e. The van der Waals surface area contributed by atoms with Crippen molar-refractivity contribution in [3.8, 4) is 0 Å². The van der Waals surface area contributed by atoms with Crippen LogP contribution in [0.5, 0.6) is 0 Å². The molecule has 0 saturated heterocycles. The Morgan fingerprint density at radius 3 is 2.41 bits per heavy atom. The summed E-state index contributed by atoms with van der Waals surface area (Å²) in [6.45, 7) is -0.101. The van der Waals surface area contributed by atoms with E-state index in [9.17, 15) is 14.4 Å². The summed E-state index contributed by atoms with van der Waals surface area (Å²) in [5, 5.41) is 2.77. The predicted octanol–water partition coefficient (Wildman–Crippen LogP) is 4.68. The lowest BCUT2D eigenvalue weighted by molar-refractivity contribution is -0.121. The van der Waals surface area contributed by atoms with Crippen molar-refractivity contribution in [3.05, 3.63) is 90.0 Å². The number of carbonyl (C=O) groups is 3. The topological polar surface area (TPSA) is 75.7 Å². The van der Waals surface area contributed by atoms with Crippen molar-refractivity contribution in [1.29, 1.82) is 0 Å². The number of hydrogen-bond acceptors (Lipinski definition) is 5. The van der Waals surface area contributed by atoms with Gasteiger partial charge < -0.3 is 15.0 Å². The molecule has 0 aliphatic carbocycles. The van der Waals surface area contributed by atoms with E-state index >= 15 is 0 Å². The molecule has 3 aromatic carbocycles. The fraction of sp³-hybridized carbons (Fsp3) is 0.160. The van der Waals surface area contributed by atoms with Crippen molar-refractivity contribution in [3.63, 3.8) is 0 Å². The molecular formula is C25H22N2O4S. The lowest BCUT2D eigenvalue weighted by Crippen LogP contribution is -2.38. The van der Waals surface area contributed by atoms with Crippen LogP contribution in [0.4, 0.5) is 11.4 Å². The smallest absolute Gasteiger partial charge is 0.337 e. The third-order valence-electron chi connectivity index (χ3n) is 5.15. The van der Waals surface area contributed by atoms with Crippen LogP contribution in [0.15, 0.2) is 83.8 Å². The number of carbonyl (C=O) groups excluding carboxylic acids is 3. The molecule has 0 saturated carbocycles. The largest absolute Gasteiger partial charge is 0.465 e. The van der Waals surface area contributed by atoms with Crippen LogP contribution in [0.3, 0.4) is 0 Å². The van der Waals surface area contributed by atoms with E-state index in [-0.39, 0.29) is 23.6 Å². The molecule has 1 heterocycles. The van der Waals surface area contributed by atoms with Crippen LogP contribution in [0.1, 0.15) is 27.6 Å². The highest BCUT2D eigenvalue weighted by atomic mass is 32.2. The number of methoxy groups -OCH3 is 1. The molecule has 1 aliphatic rings. The van der Waals surface area contributed by atoms with Crippen molar-refractivity contribution >= 4 is 40.9 Å². The molecule has 32 heavy (non-hydrogen) atoms. The zero-order chi connectivity index (χ0) is 22.5. The number of nitrogens with one attached hydrogen (secondary N) is 1. The first-order chi connectivity index (χ1) is 15.5. The number of hydrogen-bond donors (Lipinski definition) is 1. The zero-order valence-electron chi connectivity index (χ0n) is 17.5. The highest BCUT2D eigenvalue weighted by Gasteiger charge is 2.30. The summed E-state index contributed by atoms with van der Waals surface area (Å²) in [5.74, 6) is -0.866. The van der Waals surface area contributed by atoms with E-state index in [0.29, 0.717) is 17.7 Å². The van der Waals surface area contributed by atoms with E-state index < -0.39 is 5.97 Å². The lowest BCUT2D eigenvalue weighted by atomic mass is 10.1. The summed E-state index contributed by atoms with van der Waals surface area (Å²) in [6.07, 6.45) is 0.296. The minimum absolute atomic E-state index is 0.0243. The first-order valence-corrected chi connectivity index (χ1v) is 11.0. The molecule has 0 bridgehead atoms. The van der Waals surface area contributed by atoms with Crippen molar-refractivity contribution in [2.24, 2.45) is 0 Å². The van der Waals surface area contributed by atoms with E-state index in [4.69, 9.17) is 0 Å². The van der Waals surface area contributed by atoms with Gasteiger partial charge >= 0.3 is 5.97 Å². The molecule has 1 N–H and O–H groups in total. The second-order valence-corrected chi connectivity index (χ2v) is 8.53. The molecule has 0 fully saturated rings. The highest BCUT2D eigenvalue weighted by Crippen LogP contribution is 2.45. The Labute approximate surface area is 190 Å². The molecule has 1 atom stereocenters. The van der Waals surface area contributed by atoms with Gasteiger partial charge in [0.2, 0.25) is 11.8 Å². The minimum atomic E-state index is -0.444. The number of para-hydroxylation sites is 1. The van der Waals surface area contributed by atoms with Crippen LogP contribution in [0.2, 0.25) is 0 Å². The average molecular weight is 447 g/mol. The normalized spacial score (nSPS) is 15.5. The third-order valence-corrected chi connectivity index (χ3v) is 6.47. The van der Waals surface area contributed by atoms with E-state index in [1.54, 1.807) is 40.9 Å². The fourth-order valence-electron chi connectivity index (χ4n) is 3.56. The number of rotatable bonds is 5. The summed E-state index contributed by atoms with van der Waals surface area (Å²) >= 11 is 1.64. The SMILES string of the molecule is COC(=O)c1ccc(NC(=O)CN2C(=O)C[C@H](c3ccccc3)Sc3ccccc32)cc1. The lowest BCUT2D eigenvalue weighted by Gasteiger charge is -2.22. The van der Waals surface area contributed by atoms with Crippen molar-refractivity contribution in [2.75, 3.05) is 23.9 Å². The Hall–Kier alpha value is -3.58. The van der Waals surface area contributed by atoms with Crippen LogP contribution < -0.4 is 10.2 Å². The molecule has 2 amide bonds. The Kier molecular flexibility index (Phi) is 6.56. The van der Waals surface area contributed by atoms with Gasteiger partial charge in [-0.05, 0) is 42.0 Å². The summed E-state index contributed by atoms with van der Waals surface area (Å²) in [6, 6.07) is 24.0. The Morgan fingerprint density at radius 1 is 1.00 bits per heavy atom. The number of benzene rings is 3. The van der Waals surface area contributed by atoms with Gasteiger partial charge in [0.1, 0.15) is 6.54 Å². The van der Waals surface area contributed by atoms with Crippen LogP contribution in [-0.2, 0) is 14.3 Å². The predicted molar refractivity (Wildman–Crippen MR) is 125 cm³/mol. The Bertz CT molecular complexity index is 1130.